The van der Waals surface area contributed by atoms with Crippen molar-refractivity contribution in [1.82, 2.24) is 4.57 Å². The first-order valence-corrected chi connectivity index (χ1v) is 3.92. The standard InChI is InChI=1S/C9H6N2O3/c12-6-10-4-3-7-5-8(11(13)14)1-2-9(7)10/h1-6H. The number of aromatic nitrogens is 1. The molecule has 0 atom stereocenters. The average Bonchev–Trinajstić information content (AvgIpc) is 2.59. The molecule has 0 aliphatic carbocycles. The summed E-state index contributed by atoms with van der Waals surface area (Å²) >= 11 is 0. The lowest BCUT2D eigenvalue weighted by molar-refractivity contribution is -0.384. The minimum Gasteiger partial charge on any atom is -0.290 e. The van der Waals surface area contributed by atoms with Crippen LogP contribution in [-0.4, -0.2) is 15.9 Å². The van der Waals surface area contributed by atoms with E-state index in [9.17, 15) is 14.9 Å². The maximum absolute atomic E-state index is 10.5. The summed E-state index contributed by atoms with van der Waals surface area (Å²) in [6.45, 7) is 0. The van der Waals surface area contributed by atoms with Crippen molar-refractivity contribution < 1.29 is 9.72 Å². The van der Waals surface area contributed by atoms with Gasteiger partial charge in [0.15, 0.2) is 0 Å². The molecule has 0 N–H and O–H groups in total. The molecule has 5 nitrogen and oxygen atoms in total. The first-order valence-electron chi connectivity index (χ1n) is 3.92. The summed E-state index contributed by atoms with van der Waals surface area (Å²) in [4.78, 5) is 20.5. The number of carbonyl (C=O) groups excluding carboxylic acids is 1. The second-order valence-corrected chi connectivity index (χ2v) is 2.83. The molecule has 2 rings (SSSR count). The fourth-order valence-electron chi connectivity index (χ4n) is 1.36. The smallest absolute Gasteiger partial charge is 0.270 e. The summed E-state index contributed by atoms with van der Waals surface area (Å²) in [6.07, 6.45) is 2.23. The number of hydrogen-bond donors (Lipinski definition) is 0. The molecule has 70 valence electrons. The van der Waals surface area contributed by atoms with Gasteiger partial charge in [-0.05, 0) is 12.1 Å². The van der Waals surface area contributed by atoms with Gasteiger partial charge in [0.2, 0.25) is 6.41 Å². The van der Waals surface area contributed by atoms with Crippen LogP contribution in [0, 0.1) is 10.1 Å². The third kappa shape index (κ3) is 1.15. The lowest BCUT2D eigenvalue weighted by Crippen LogP contribution is -1.91. The zero-order valence-corrected chi connectivity index (χ0v) is 7.08. The largest absolute Gasteiger partial charge is 0.290 e. The Labute approximate surface area is 78.7 Å². The number of non-ortho nitro benzene ring substituents is 1. The van der Waals surface area contributed by atoms with Gasteiger partial charge in [-0.25, -0.2) is 0 Å². The molecule has 0 aliphatic rings. The van der Waals surface area contributed by atoms with Gasteiger partial charge in [-0.1, -0.05) is 0 Å². The molecule has 0 unspecified atom stereocenters. The quantitative estimate of drug-likeness (QED) is 0.410. The molecule has 5 heteroatoms. The minimum atomic E-state index is -0.461. The number of nitro benzene ring substituents is 1. The van der Waals surface area contributed by atoms with Gasteiger partial charge in [0.25, 0.3) is 5.69 Å². The molecule has 1 heterocycles. The van der Waals surface area contributed by atoms with E-state index in [4.69, 9.17) is 0 Å². The highest BCUT2D eigenvalue weighted by atomic mass is 16.6. The number of rotatable bonds is 2. The summed E-state index contributed by atoms with van der Waals surface area (Å²) < 4.78 is 1.37. The van der Waals surface area contributed by atoms with Crippen LogP contribution in [0.5, 0.6) is 0 Å². The zero-order valence-electron chi connectivity index (χ0n) is 7.08. The van der Waals surface area contributed by atoms with Crippen LogP contribution in [0.3, 0.4) is 0 Å². The third-order valence-corrected chi connectivity index (χ3v) is 2.03. The fraction of sp³-hybridized carbons (Fsp3) is 0. The third-order valence-electron chi connectivity index (χ3n) is 2.03. The van der Waals surface area contributed by atoms with Gasteiger partial charge in [0.1, 0.15) is 0 Å². The molecule has 0 radical (unpaired) electrons. The molecule has 1 aromatic carbocycles. The lowest BCUT2D eigenvalue weighted by Gasteiger charge is -1.94. The second kappa shape index (κ2) is 2.95. The van der Waals surface area contributed by atoms with Gasteiger partial charge >= 0.3 is 0 Å². The van der Waals surface area contributed by atoms with E-state index in [1.807, 2.05) is 0 Å². The maximum atomic E-state index is 10.5. The molecule has 0 spiro atoms. The van der Waals surface area contributed by atoms with Gasteiger partial charge in [-0.3, -0.25) is 19.5 Å². The molecule has 1 aromatic heterocycles. The van der Waals surface area contributed by atoms with Crippen molar-refractivity contribution in [2.24, 2.45) is 0 Å². The number of nitro groups is 1. The number of nitrogens with zero attached hydrogens (tertiary/aromatic N) is 2. The molecule has 14 heavy (non-hydrogen) atoms. The van der Waals surface area contributed by atoms with E-state index in [1.54, 1.807) is 18.3 Å². The molecule has 0 fully saturated rings. The number of fused-ring (bicyclic) bond motifs is 1. The molecular weight excluding hydrogens is 184 g/mol. The number of benzene rings is 1. The van der Waals surface area contributed by atoms with Crippen molar-refractivity contribution in [2.45, 2.75) is 0 Å². The van der Waals surface area contributed by atoms with Crippen LogP contribution in [0.25, 0.3) is 10.9 Å². The Kier molecular flexibility index (Phi) is 1.78. The maximum Gasteiger partial charge on any atom is 0.270 e. The molecular formula is C9H6N2O3. The Hall–Kier alpha value is -2.17. The van der Waals surface area contributed by atoms with Crippen LogP contribution in [0.4, 0.5) is 5.69 Å². The fourth-order valence-corrected chi connectivity index (χ4v) is 1.36. The van der Waals surface area contributed by atoms with Gasteiger partial charge in [0, 0.05) is 23.7 Å². The van der Waals surface area contributed by atoms with E-state index >= 15 is 0 Å². The van der Waals surface area contributed by atoms with E-state index in [0.717, 1.165) is 0 Å². The normalized spacial score (nSPS) is 10.3. The summed E-state index contributed by atoms with van der Waals surface area (Å²) in [6, 6.07) is 6.04. The number of carbonyl (C=O) groups is 1. The van der Waals surface area contributed by atoms with Crippen LogP contribution < -0.4 is 0 Å². The Morgan fingerprint density at radius 3 is 2.79 bits per heavy atom. The predicted molar refractivity (Wildman–Crippen MR) is 50.7 cm³/mol. The van der Waals surface area contributed by atoms with E-state index in [1.165, 1.54) is 16.7 Å². The zero-order chi connectivity index (χ0) is 10.1. The molecule has 0 saturated carbocycles. The van der Waals surface area contributed by atoms with Gasteiger partial charge in [-0.15, -0.1) is 0 Å². The topological polar surface area (TPSA) is 65.1 Å². The van der Waals surface area contributed by atoms with Crippen molar-refractivity contribution in [2.75, 3.05) is 0 Å². The van der Waals surface area contributed by atoms with Crippen molar-refractivity contribution in [1.29, 1.82) is 0 Å². The van der Waals surface area contributed by atoms with Crippen LogP contribution in [0.15, 0.2) is 30.5 Å². The SMILES string of the molecule is O=Cn1ccc2cc([N+](=O)[O-])ccc21. The van der Waals surface area contributed by atoms with Crippen LogP contribution in [0.2, 0.25) is 0 Å². The summed E-state index contributed by atoms with van der Waals surface area (Å²) in [5.74, 6) is 0. The first-order chi connectivity index (χ1) is 6.72. The van der Waals surface area contributed by atoms with E-state index in [0.29, 0.717) is 17.3 Å². The highest BCUT2D eigenvalue weighted by molar-refractivity contribution is 5.87. The van der Waals surface area contributed by atoms with Crippen LogP contribution in [-0.2, 0) is 4.79 Å². The Morgan fingerprint density at radius 1 is 1.36 bits per heavy atom. The summed E-state index contributed by atoms with van der Waals surface area (Å²) in [5.41, 5.74) is 0.701. The van der Waals surface area contributed by atoms with Crippen molar-refractivity contribution in [3.8, 4) is 0 Å². The lowest BCUT2D eigenvalue weighted by atomic mass is 10.2. The highest BCUT2D eigenvalue weighted by Crippen LogP contribution is 2.20. The monoisotopic (exact) mass is 190 g/mol. The Morgan fingerprint density at radius 2 is 2.14 bits per heavy atom. The van der Waals surface area contributed by atoms with Crippen molar-refractivity contribution in [3.05, 3.63) is 40.6 Å². The van der Waals surface area contributed by atoms with E-state index in [2.05, 4.69) is 0 Å². The minimum absolute atomic E-state index is 0.0288. The summed E-state index contributed by atoms with van der Waals surface area (Å²) in [5, 5.41) is 11.1. The average molecular weight is 190 g/mol. The first kappa shape index (κ1) is 8.43. The highest BCUT2D eigenvalue weighted by Gasteiger charge is 2.07. The van der Waals surface area contributed by atoms with Crippen LogP contribution >= 0.6 is 0 Å². The van der Waals surface area contributed by atoms with Gasteiger partial charge in [0.05, 0.1) is 10.4 Å². The van der Waals surface area contributed by atoms with Crippen molar-refractivity contribution >= 4 is 23.0 Å². The number of hydrogen-bond acceptors (Lipinski definition) is 3. The molecule has 0 aliphatic heterocycles. The van der Waals surface area contributed by atoms with Crippen LogP contribution in [0.1, 0.15) is 0 Å². The van der Waals surface area contributed by atoms with E-state index < -0.39 is 4.92 Å². The van der Waals surface area contributed by atoms with E-state index in [-0.39, 0.29) is 5.69 Å². The predicted octanol–water partition coefficient (Wildman–Crippen LogP) is 1.59. The summed E-state index contributed by atoms with van der Waals surface area (Å²) in [7, 11) is 0. The van der Waals surface area contributed by atoms with Gasteiger partial charge in [-0.2, -0.15) is 0 Å². The molecule has 0 amide bonds. The van der Waals surface area contributed by atoms with Gasteiger partial charge < -0.3 is 0 Å². The molecule has 0 bridgehead atoms. The van der Waals surface area contributed by atoms with Crippen molar-refractivity contribution in [3.63, 3.8) is 0 Å². The second-order valence-electron chi connectivity index (χ2n) is 2.83. The molecule has 0 saturated heterocycles. The Bertz CT molecular complexity index is 516. The molecule has 2 aromatic rings. The Balaban J connectivity index is 2.68.